The number of hydrogen-bond donors (Lipinski definition) is 3. The Labute approximate surface area is 124 Å². The van der Waals surface area contributed by atoms with Crippen LogP contribution in [0, 0.1) is 0 Å². The van der Waals surface area contributed by atoms with Crippen molar-refractivity contribution in [2.24, 2.45) is 0 Å². The summed E-state index contributed by atoms with van der Waals surface area (Å²) in [5.41, 5.74) is 3.51. The second kappa shape index (κ2) is 6.46. The van der Waals surface area contributed by atoms with Crippen LogP contribution in [0.15, 0.2) is 54.7 Å². The van der Waals surface area contributed by atoms with Crippen LogP contribution in [-0.2, 0) is 12.8 Å². The topological polar surface area (TPSA) is 48.0 Å². The Hall–Kier alpha value is -2.26. The zero-order valence-corrected chi connectivity index (χ0v) is 12.0. The first kappa shape index (κ1) is 13.7. The van der Waals surface area contributed by atoms with Crippen LogP contribution < -0.4 is 5.32 Å². The third kappa shape index (κ3) is 3.26. The fourth-order valence-electron chi connectivity index (χ4n) is 2.66. The minimum atomic E-state index is 0.355. The second-order valence-electron chi connectivity index (χ2n) is 5.25. The van der Waals surface area contributed by atoms with E-state index in [0.29, 0.717) is 5.75 Å². The molecule has 0 saturated heterocycles. The molecule has 0 unspecified atom stereocenters. The molecule has 0 amide bonds. The molecule has 0 atom stereocenters. The first-order chi connectivity index (χ1) is 10.3. The van der Waals surface area contributed by atoms with Crippen molar-refractivity contribution in [1.29, 1.82) is 0 Å². The first-order valence-electron chi connectivity index (χ1n) is 7.37. The summed E-state index contributed by atoms with van der Waals surface area (Å²) in [5.74, 6) is 0.355. The van der Waals surface area contributed by atoms with Gasteiger partial charge >= 0.3 is 0 Å². The van der Waals surface area contributed by atoms with Gasteiger partial charge in [-0.15, -0.1) is 0 Å². The van der Waals surface area contributed by atoms with Gasteiger partial charge in [0.2, 0.25) is 0 Å². The summed E-state index contributed by atoms with van der Waals surface area (Å²) in [6.07, 6.45) is 3.94. The van der Waals surface area contributed by atoms with Gasteiger partial charge in [0, 0.05) is 17.1 Å². The van der Waals surface area contributed by atoms with Crippen LogP contribution in [0.2, 0.25) is 0 Å². The lowest BCUT2D eigenvalue weighted by atomic mass is 10.1. The lowest BCUT2D eigenvalue weighted by Crippen LogP contribution is -2.20. The van der Waals surface area contributed by atoms with Crippen molar-refractivity contribution in [3.63, 3.8) is 0 Å². The molecule has 0 aliphatic rings. The molecule has 3 heteroatoms. The quantitative estimate of drug-likeness (QED) is 0.607. The van der Waals surface area contributed by atoms with Crippen molar-refractivity contribution in [1.82, 2.24) is 10.3 Å². The number of hydrogen-bond acceptors (Lipinski definition) is 2. The average molecular weight is 280 g/mol. The Balaban J connectivity index is 1.51. The predicted molar refractivity (Wildman–Crippen MR) is 86.7 cm³/mol. The van der Waals surface area contributed by atoms with E-state index in [2.05, 4.69) is 34.6 Å². The molecule has 3 rings (SSSR count). The van der Waals surface area contributed by atoms with E-state index in [1.54, 1.807) is 6.07 Å². The van der Waals surface area contributed by atoms with Crippen LogP contribution in [0.25, 0.3) is 10.9 Å². The molecule has 0 aliphatic heterocycles. The maximum absolute atomic E-state index is 9.95. The van der Waals surface area contributed by atoms with Crippen molar-refractivity contribution in [2.45, 2.75) is 12.8 Å². The molecule has 0 spiro atoms. The lowest BCUT2D eigenvalue weighted by Gasteiger charge is -2.05. The van der Waals surface area contributed by atoms with Crippen LogP contribution in [-0.4, -0.2) is 23.2 Å². The number of phenolic OH excluding ortho intramolecular Hbond substituents is 1. The Kier molecular flexibility index (Phi) is 4.22. The van der Waals surface area contributed by atoms with Gasteiger partial charge in [0.25, 0.3) is 0 Å². The number of aromatic amines is 1. The highest BCUT2D eigenvalue weighted by molar-refractivity contribution is 5.88. The summed E-state index contributed by atoms with van der Waals surface area (Å²) in [5, 5.41) is 14.4. The molecule has 0 aliphatic carbocycles. The van der Waals surface area contributed by atoms with Gasteiger partial charge in [-0.25, -0.2) is 0 Å². The number of nitrogens with one attached hydrogen (secondary N) is 2. The minimum Gasteiger partial charge on any atom is -0.507 e. The van der Waals surface area contributed by atoms with Gasteiger partial charge in [-0.05, 0) is 49.2 Å². The van der Waals surface area contributed by atoms with Crippen LogP contribution in [0.5, 0.6) is 5.75 Å². The van der Waals surface area contributed by atoms with E-state index in [0.717, 1.165) is 42.4 Å². The molecule has 108 valence electrons. The molecule has 21 heavy (non-hydrogen) atoms. The summed E-state index contributed by atoms with van der Waals surface area (Å²) < 4.78 is 0. The maximum Gasteiger partial charge on any atom is 0.125 e. The van der Waals surface area contributed by atoms with Gasteiger partial charge < -0.3 is 15.4 Å². The molecule has 0 bridgehead atoms. The number of rotatable bonds is 6. The van der Waals surface area contributed by atoms with E-state index in [-0.39, 0.29) is 0 Å². The molecule has 1 aromatic heterocycles. The maximum atomic E-state index is 9.95. The highest BCUT2D eigenvalue weighted by Crippen LogP contribution is 2.27. The highest BCUT2D eigenvalue weighted by Gasteiger charge is 2.07. The molecule has 0 fully saturated rings. The number of aromatic hydroxyl groups is 1. The van der Waals surface area contributed by atoms with Gasteiger partial charge in [0.1, 0.15) is 5.75 Å². The van der Waals surface area contributed by atoms with E-state index >= 15 is 0 Å². The zero-order chi connectivity index (χ0) is 14.5. The third-order valence-electron chi connectivity index (χ3n) is 3.77. The molecular weight excluding hydrogens is 260 g/mol. The predicted octanol–water partition coefficient (Wildman–Crippen LogP) is 3.25. The monoisotopic (exact) mass is 280 g/mol. The standard InChI is InChI=1S/C18H20N2O/c21-17-8-4-7-16-18(17)15(13-20-16)10-12-19-11-9-14-5-2-1-3-6-14/h1-8,13,19-21H,9-12H2. The molecule has 3 aromatic rings. The summed E-state index contributed by atoms with van der Waals surface area (Å²) in [4.78, 5) is 3.21. The van der Waals surface area contributed by atoms with Gasteiger partial charge in [0.05, 0.1) is 0 Å². The average Bonchev–Trinajstić information content (AvgIpc) is 2.93. The number of fused-ring (bicyclic) bond motifs is 1. The van der Waals surface area contributed by atoms with Crippen molar-refractivity contribution in [2.75, 3.05) is 13.1 Å². The molecule has 0 radical (unpaired) electrons. The van der Waals surface area contributed by atoms with Crippen molar-refractivity contribution < 1.29 is 5.11 Å². The van der Waals surface area contributed by atoms with E-state index < -0.39 is 0 Å². The molecule has 2 aromatic carbocycles. The minimum absolute atomic E-state index is 0.355. The smallest absolute Gasteiger partial charge is 0.125 e. The SMILES string of the molecule is Oc1cccc2[nH]cc(CCNCCc3ccccc3)c12. The summed E-state index contributed by atoms with van der Waals surface area (Å²) in [6.45, 7) is 1.88. The van der Waals surface area contributed by atoms with Crippen LogP contribution in [0.1, 0.15) is 11.1 Å². The van der Waals surface area contributed by atoms with Crippen LogP contribution in [0.3, 0.4) is 0 Å². The molecule has 3 N–H and O–H groups in total. The first-order valence-corrected chi connectivity index (χ1v) is 7.37. The van der Waals surface area contributed by atoms with Crippen LogP contribution in [0.4, 0.5) is 0 Å². The number of benzene rings is 2. The van der Waals surface area contributed by atoms with Gasteiger partial charge in [0.15, 0.2) is 0 Å². The molecular formula is C18H20N2O. The lowest BCUT2D eigenvalue weighted by molar-refractivity contribution is 0.481. The summed E-state index contributed by atoms with van der Waals surface area (Å²) in [7, 11) is 0. The fraction of sp³-hybridized carbons (Fsp3) is 0.222. The largest absolute Gasteiger partial charge is 0.507 e. The molecule has 1 heterocycles. The Bertz CT molecular complexity index is 704. The van der Waals surface area contributed by atoms with Gasteiger partial charge in [-0.1, -0.05) is 36.4 Å². The van der Waals surface area contributed by atoms with E-state index in [4.69, 9.17) is 0 Å². The highest BCUT2D eigenvalue weighted by atomic mass is 16.3. The fourth-order valence-corrected chi connectivity index (χ4v) is 2.66. The van der Waals surface area contributed by atoms with Gasteiger partial charge in [-0.2, -0.15) is 0 Å². The normalized spacial score (nSPS) is 11.0. The van der Waals surface area contributed by atoms with Crippen molar-refractivity contribution >= 4 is 10.9 Å². The molecule has 0 saturated carbocycles. The summed E-state index contributed by atoms with van der Waals surface area (Å²) >= 11 is 0. The van der Waals surface area contributed by atoms with Crippen LogP contribution >= 0.6 is 0 Å². The van der Waals surface area contributed by atoms with Crippen molar-refractivity contribution in [3.05, 3.63) is 65.9 Å². The van der Waals surface area contributed by atoms with Crippen molar-refractivity contribution in [3.8, 4) is 5.75 Å². The summed E-state index contributed by atoms with van der Waals surface area (Å²) in [6, 6.07) is 16.1. The Morgan fingerprint density at radius 2 is 1.71 bits per heavy atom. The third-order valence-corrected chi connectivity index (χ3v) is 3.77. The number of phenols is 1. The number of H-pyrrole nitrogens is 1. The van der Waals surface area contributed by atoms with Gasteiger partial charge in [-0.3, -0.25) is 0 Å². The number of aromatic nitrogens is 1. The van der Waals surface area contributed by atoms with E-state index in [1.165, 1.54) is 5.56 Å². The molecule has 3 nitrogen and oxygen atoms in total. The second-order valence-corrected chi connectivity index (χ2v) is 5.25. The Morgan fingerprint density at radius 3 is 2.57 bits per heavy atom. The zero-order valence-electron chi connectivity index (χ0n) is 12.0. The Morgan fingerprint density at radius 1 is 0.905 bits per heavy atom. The van der Waals surface area contributed by atoms with E-state index in [9.17, 15) is 5.11 Å². The van der Waals surface area contributed by atoms with E-state index in [1.807, 2.05) is 24.4 Å².